The number of ether oxygens (including phenoxy) is 2. The summed E-state index contributed by atoms with van der Waals surface area (Å²) in [7, 11) is 0. The first-order valence-electron chi connectivity index (χ1n) is 11.0. The predicted molar refractivity (Wildman–Crippen MR) is 119 cm³/mol. The minimum Gasteiger partial charge on any atom is -0.492 e. The normalized spacial score (nSPS) is 18.2. The average molecular weight is 443 g/mol. The maximum atomic E-state index is 13.7. The second-order valence-electron chi connectivity index (χ2n) is 8.53. The van der Waals surface area contributed by atoms with E-state index < -0.39 is 5.97 Å². The van der Waals surface area contributed by atoms with Crippen LogP contribution in [0.1, 0.15) is 58.2 Å². The zero-order chi connectivity index (χ0) is 22.9. The van der Waals surface area contributed by atoms with Crippen molar-refractivity contribution in [2.45, 2.75) is 37.7 Å². The lowest BCUT2D eigenvalue weighted by Crippen LogP contribution is -2.07. The Morgan fingerprint density at radius 3 is 2.82 bits per heavy atom. The molecule has 1 heterocycles. The first-order valence-corrected chi connectivity index (χ1v) is 11.0. The maximum absolute atomic E-state index is 13.7. The van der Waals surface area contributed by atoms with Gasteiger partial charge in [-0.15, -0.1) is 0 Å². The van der Waals surface area contributed by atoms with Crippen LogP contribution in [0.5, 0.6) is 11.5 Å². The largest absolute Gasteiger partial charge is 0.492 e. The molecule has 6 heteroatoms. The number of carboxylic acids is 1. The number of rotatable bonds is 6. The highest BCUT2D eigenvalue weighted by atomic mass is 19.1. The van der Waals surface area contributed by atoms with E-state index in [4.69, 9.17) is 14.6 Å². The first kappa shape index (κ1) is 21.0. The zero-order valence-corrected chi connectivity index (χ0v) is 17.9. The van der Waals surface area contributed by atoms with Crippen molar-refractivity contribution in [3.8, 4) is 17.6 Å². The topological polar surface area (TPSA) is 79.5 Å². The summed E-state index contributed by atoms with van der Waals surface area (Å²) in [5.74, 6) is 0.0603. The number of fused-ring (bicyclic) bond motifs is 2. The summed E-state index contributed by atoms with van der Waals surface area (Å²) < 4.78 is 25.7. The molecular weight excluding hydrogens is 421 g/mol. The van der Waals surface area contributed by atoms with E-state index in [1.165, 1.54) is 12.1 Å². The van der Waals surface area contributed by atoms with Crippen molar-refractivity contribution in [3.63, 3.8) is 0 Å². The lowest BCUT2D eigenvalue weighted by molar-refractivity contribution is -0.137. The second kappa shape index (κ2) is 8.59. The number of halogens is 1. The van der Waals surface area contributed by atoms with Gasteiger partial charge in [0.15, 0.2) is 0 Å². The van der Waals surface area contributed by atoms with Gasteiger partial charge in [0.1, 0.15) is 23.4 Å². The zero-order valence-electron chi connectivity index (χ0n) is 17.9. The van der Waals surface area contributed by atoms with E-state index in [0.717, 1.165) is 40.7 Å². The highest BCUT2D eigenvalue weighted by Gasteiger charge is 2.30. The molecule has 1 aliphatic carbocycles. The molecule has 0 saturated heterocycles. The molecule has 3 aromatic carbocycles. The van der Waals surface area contributed by atoms with E-state index in [2.05, 4.69) is 6.07 Å². The van der Waals surface area contributed by atoms with Gasteiger partial charge in [0.2, 0.25) is 0 Å². The molecule has 0 bridgehead atoms. The SMILES string of the molecule is N#Cc1ccc2c(c1Cc1cccc(F)c1)CC[C@H]2Oc1ccc2c(c1)OC[C@H]2CC(=O)O. The van der Waals surface area contributed by atoms with E-state index in [9.17, 15) is 14.4 Å². The molecule has 166 valence electrons. The Morgan fingerprint density at radius 1 is 1.18 bits per heavy atom. The molecule has 3 aromatic rings. The third kappa shape index (κ3) is 4.14. The number of hydrogen-bond acceptors (Lipinski definition) is 4. The predicted octanol–water partition coefficient (Wildman–Crippen LogP) is 5.31. The van der Waals surface area contributed by atoms with Gasteiger partial charge in [-0.25, -0.2) is 4.39 Å². The van der Waals surface area contributed by atoms with Gasteiger partial charge in [0.25, 0.3) is 0 Å². The molecule has 0 radical (unpaired) electrons. The second-order valence-corrected chi connectivity index (χ2v) is 8.53. The molecule has 0 amide bonds. The third-order valence-electron chi connectivity index (χ3n) is 6.43. The van der Waals surface area contributed by atoms with Gasteiger partial charge in [0.05, 0.1) is 24.7 Å². The average Bonchev–Trinajstić information content (AvgIpc) is 3.38. The van der Waals surface area contributed by atoms with Crippen LogP contribution in [0.15, 0.2) is 54.6 Å². The fourth-order valence-electron chi connectivity index (χ4n) is 4.89. The fourth-order valence-corrected chi connectivity index (χ4v) is 4.89. The Labute approximate surface area is 191 Å². The van der Waals surface area contributed by atoms with Crippen molar-refractivity contribution < 1.29 is 23.8 Å². The molecule has 2 atom stereocenters. The number of nitrogens with zero attached hydrogens (tertiary/aromatic N) is 1. The Bertz CT molecular complexity index is 1280. The standard InChI is InChI=1S/C27H22FNO4/c28-19-3-1-2-16(10-19)11-24-17(14-29)4-6-23-22(24)8-9-25(23)33-20-5-7-21-18(12-27(30)31)15-32-26(21)13-20/h1-7,10,13,18,25H,8-9,11-12,15H2,(H,30,31)/t18-,25-/m1/s1. The highest BCUT2D eigenvalue weighted by Crippen LogP contribution is 2.42. The molecule has 1 aliphatic heterocycles. The number of carbonyl (C=O) groups is 1. The number of aliphatic carboxylic acids is 1. The fraction of sp³-hybridized carbons (Fsp3) is 0.259. The summed E-state index contributed by atoms with van der Waals surface area (Å²) in [6.07, 6.45) is 1.93. The van der Waals surface area contributed by atoms with Crippen molar-refractivity contribution in [2.24, 2.45) is 0 Å². The van der Waals surface area contributed by atoms with Crippen molar-refractivity contribution in [2.75, 3.05) is 6.61 Å². The minimum atomic E-state index is -0.842. The Morgan fingerprint density at radius 2 is 2.03 bits per heavy atom. The van der Waals surface area contributed by atoms with Crippen LogP contribution in [0, 0.1) is 17.1 Å². The Kier molecular flexibility index (Phi) is 5.47. The number of hydrogen-bond donors (Lipinski definition) is 1. The first-order chi connectivity index (χ1) is 16.0. The van der Waals surface area contributed by atoms with Crippen molar-refractivity contribution in [1.82, 2.24) is 0 Å². The van der Waals surface area contributed by atoms with Crippen LogP contribution in [0.4, 0.5) is 4.39 Å². The van der Waals surface area contributed by atoms with Gasteiger partial charge in [-0.1, -0.05) is 24.3 Å². The highest BCUT2D eigenvalue weighted by molar-refractivity contribution is 5.68. The van der Waals surface area contributed by atoms with Crippen LogP contribution in [0.2, 0.25) is 0 Å². The van der Waals surface area contributed by atoms with E-state index >= 15 is 0 Å². The molecule has 2 aliphatic rings. The molecule has 5 nitrogen and oxygen atoms in total. The van der Waals surface area contributed by atoms with Crippen molar-refractivity contribution in [1.29, 1.82) is 5.26 Å². The Balaban J connectivity index is 1.39. The summed E-state index contributed by atoms with van der Waals surface area (Å²) in [6.45, 7) is 0.359. The van der Waals surface area contributed by atoms with Crippen molar-refractivity contribution in [3.05, 3.63) is 93.8 Å². The summed E-state index contributed by atoms with van der Waals surface area (Å²) in [5.41, 5.74) is 5.41. The van der Waals surface area contributed by atoms with E-state index in [-0.39, 0.29) is 24.3 Å². The number of nitriles is 1. The van der Waals surface area contributed by atoms with Crippen LogP contribution >= 0.6 is 0 Å². The molecular formula is C27H22FNO4. The molecule has 1 N–H and O–H groups in total. The van der Waals surface area contributed by atoms with Crippen LogP contribution in [-0.2, 0) is 17.6 Å². The molecule has 0 spiro atoms. The monoisotopic (exact) mass is 443 g/mol. The van der Waals surface area contributed by atoms with E-state index in [0.29, 0.717) is 30.1 Å². The quantitative estimate of drug-likeness (QED) is 0.559. The lowest BCUT2D eigenvalue weighted by Gasteiger charge is -2.17. The number of carboxylic acid groups (broad SMARTS) is 1. The van der Waals surface area contributed by atoms with Crippen LogP contribution < -0.4 is 9.47 Å². The third-order valence-corrected chi connectivity index (χ3v) is 6.43. The summed E-state index contributed by atoms with van der Waals surface area (Å²) in [5, 5.41) is 18.7. The molecule has 5 rings (SSSR count). The molecule has 0 unspecified atom stereocenters. The maximum Gasteiger partial charge on any atom is 0.304 e. The van der Waals surface area contributed by atoms with E-state index in [1.807, 2.05) is 36.4 Å². The number of benzene rings is 3. The van der Waals surface area contributed by atoms with E-state index in [1.54, 1.807) is 6.07 Å². The van der Waals surface area contributed by atoms with Gasteiger partial charge in [-0.3, -0.25) is 4.79 Å². The molecule has 33 heavy (non-hydrogen) atoms. The summed E-state index contributed by atoms with van der Waals surface area (Å²) in [6, 6.07) is 18.1. The Hall–Kier alpha value is -3.85. The van der Waals surface area contributed by atoms with Gasteiger partial charge in [0, 0.05) is 17.5 Å². The van der Waals surface area contributed by atoms with Gasteiger partial charge in [-0.2, -0.15) is 5.26 Å². The minimum absolute atomic E-state index is 0.0402. The van der Waals surface area contributed by atoms with Crippen LogP contribution in [-0.4, -0.2) is 17.7 Å². The lowest BCUT2D eigenvalue weighted by atomic mass is 9.92. The van der Waals surface area contributed by atoms with Gasteiger partial charge < -0.3 is 14.6 Å². The van der Waals surface area contributed by atoms with Gasteiger partial charge in [-0.05, 0) is 65.8 Å². The smallest absolute Gasteiger partial charge is 0.304 e. The molecule has 0 fully saturated rings. The van der Waals surface area contributed by atoms with Crippen LogP contribution in [0.25, 0.3) is 0 Å². The summed E-state index contributed by atoms with van der Waals surface area (Å²) in [4.78, 5) is 11.1. The summed E-state index contributed by atoms with van der Waals surface area (Å²) >= 11 is 0. The molecule has 0 saturated carbocycles. The van der Waals surface area contributed by atoms with Gasteiger partial charge >= 0.3 is 5.97 Å². The van der Waals surface area contributed by atoms with Crippen molar-refractivity contribution >= 4 is 5.97 Å². The molecule has 0 aromatic heterocycles. The van der Waals surface area contributed by atoms with Crippen LogP contribution in [0.3, 0.4) is 0 Å².